The molecule has 7 unspecified atom stereocenters. The van der Waals surface area contributed by atoms with Gasteiger partial charge in [0.05, 0.1) is 86.4 Å². The highest BCUT2D eigenvalue weighted by molar-refractivity contribution is 7.94. The quantitative estimate of drug-likeness (QED) is 0.0879. The van der Waals surface area contributed by atoms with E-state index in [0.29, 0.717) is 25.8 Å². The molecule has 402 valence electrons. The first kappa shape index (κ1) is 59.6. The highest BCUT2D eigenvalue weighted by Gasteiger charge is 2.50. The Labute approximate surface area is 421 Å². The van der Waals surface area contributed by atoms with Gasteiger partial charge in [0.25, 0.3) is 0 Å². The van der Waals surface area contributed by atoms with Crippen LogP contribution in [0.25, 0.3) is 0 Å². The van der Waals surface area contributed by atoms with E-state index in [1.807, 2.05) is 38.7 Å². The van der Waals surface area contributed by atoms with Gasteiger partial charge >= 0.3 is 5.97 Å². The summed E-state index contributed by atoms with van der Waals surface area (Å²) in [5, 5.41) is 16.6. The number of carboxylic acid groups (broad SMARTS) is 1. The maximum Gasteiger partial charge on any atom is 0.326 e. The lowest BCUT2D eigenvalue weighted by Gasteiger charge is -2.41. The summed E-state index contributed by atoms with van der Waals surface area (Å²) in [6, 6.07) is 5.29. The van der Waals surface area contributed by atoms with Crippen molar-refractivity contribution in [3.8, 4) is 0 Å². The average Bonchev–Trinajstić information content (AvgIpc) is 4.11. The van der Waals surface area contributed by atoms with E-state index in [4.69, 9.17) is 18.9 Å². The first-order valence-corrected chi connectivity index (χ1v) is 28.6. The molecule has 1 aromatic rings. The minimum atomic E-state index is -3.56. The Balaban J connectivity index is 1.39. The maximum atomic E-state index is 14.7. The standard InChI is InChI=1S/C50H81N5O14S2/c1-10-34(5)44(41(66-8)32-42(56)55-21-15-18-40(55)46(67-9)35(6)47(57)51-39(50(60)61)30-36-16-13-12-14-17-36)53(7)49(59)43(33(3)4)52-48(58)45-37-19-20-38(31-37)54(45)22-27-71(64,65)29-26-69-24-23-68-25-28-70(62,63)11-2/h11-14,16-17,33-35,37-41,43-46H,2,10,15,18-32H2,1,3-9H3,(H,51,57)(H,52,58)(H,60,61)/t34?,35?,37-,38+,39?,40-,41?,43?,44?,45-,46?/m0/s1. The fraction of sp³-hybridized carbons (Fsp3) is 0.740. The number of ether oxygens (including phenoxy) is 4. The molecule has 4 amide bonds. The molecule has 3 fully saturated rings. The van der Waals surface area contributed by atoms with Crippen LogP contribution < -0.4 is 10.6 Å². The molecule has 3 aliphatic rings. The molecule has 21 heteroatoms. The van der Waals surface area contributed by atoms with Crippen LogP contribution in [0.5, 0.6) is 0 Å². The van der Waals surface area contributed by atoms with Crippen molar-refractivity contribution in [2.45, 2.75) is 134 Å². The predicted octanol–water partition coefficient (Wildman–Crippen LogP) is 2.72. The van der Waals surface area contributed by atoms with Crippen LogP contribution in [0.3, 0.4) is 0 Å². The summed E-state index contributed by atoms with van der Waals surface area (Å²) in [5.41, 5.74) is 0.760. The molecule has 19 nitrogen and oxygen atoms in total. The first-order chi connectivity index (χ1) is 33.6. The first-order valence-electron chi connectivity index (χ1n) is 25.1. The van der Waals surface area contributed by atoms with E-state index in [9.17, 15) is 45.9 Å². The molecule has 1 saturated carbocycles. The van der Waals surface area contributed by atoms with Gasteiger partial charge in [0.15, 0.2) is 19.7 Å². The largest absolute Gasteiger partial charge is 0.480 e. The number of hydrogen-bond acceptors (Lipinski definition) is 14. The fourth-order valence-electron chi connectivity index (χ4n) is 10.5. The van der Waals surface area contributed by atoms with Crippen LogP contribution in [0, 0.1) is 23.7 Å². The zero-order chi connectivity index (χ0) is 52.6. The molecule has 71 heavy (non-hydrogen) atoms. The number of nitrogens with zero attached hydrogens (tertiary/aromatic N) is 3. The topological polar surface area (TPSA) is 245 Å². The number of carbonyl (C=O) groups excluding carboxylic acids is 4. The smallest absolute Gasteiger partial charge is 0.326 e. The van der Waals surface area contributed by atoms with Crippen molar-refractivity contribution < 1.29 is 64.9 Å². The van der Waals surface area contributed by atoms with Gasteiger partial charge in [0.2, 0.25) is 23.6 Å². The minimum Gasteiger partial charge on any atom is -0.480 e. The third-order valence-electron chi connectivity index (χ3n) is 14.7. The number of aliphatic carboxylic acids is 1. The molecule has 3 N–H and O–H groups in total. The summed E-state index contributed by atoms with van der Waals surface area (Å²) in [6.07, 6.45) is 2.82. The van der Waals surface area contributed by atoms with Gasteiger partial charge in [-0.2, -0.15) is 0 Å². The van der Waals surface area contributed by atoms with Gasteiger partial charge in [-0.15, -0.1) is 0 Å². The number of methoxy groups -OCH3 is 2. The highest BCUT2D eigenvalue weighted by Crippen LogP contribution is 2.42. The normalized spacial score (nSPS) is 22.3. The average molecular weight is 1040 g/mol. The lowest BCUT2D eigenvalue weighted by Crippen LogP contribution is -2.60. The summed E-state index contributed by atoms with van der Waals surface area (Å²) in [5.74, 6) is -4.45. The molecule has 2 heterocycles. The maximum absolute atomic E-state index is 14.7. The van der Waals surface area contributed by atoms with Crippen LogP contribution in [-0.2, 0) is 69.0 Å². The van der Waals surface area contributed by atoms with Crippen LogP contribution >= 0.6 is 0 Å². The second-order valence-electron chi connectivity index (χ2n) is 19.7. The molecule has 0 spiro atoms. The van der Waals surface area contributed by atoms with Crippen LogP contribution in [-0.4, -0.2) is 193 Å². The van der Waals surface area contributed by atoms with Gasteiger partial charge in [0.1, 0.15) is 12.1 Å². The molecule has 2 bridgehead atoms. The Hall–Kier alpha value is -3.99. The fourth-order valence-corrected chi connectivity index (χ4v) is 12.1. The molecule has 11 atom stereocenters. The van der Waals surface area contributed by atoms with Crippen LogP contribution in [0.15, 0.2) is 42.3 Å². The number of amides is 4. The van der Waals surface area contributed by atoms with Gasteiger partial charge in [0, 0.05) is 52.2 Å². The number of piperidine rings is 1. The Morgan fingerprint density at radius 1 is 0.901 bits per heavy atom. The number of rotatable bonds is 32. The monoisotopic (exact) mass is 1040 g/mol. The molecule has 0 aromatic heterocycles. The molecule has 1 aromatic carbocycles. The number of carbonyl (C=O) groups is 5. The number of sulfone groups is 2. The zero-order valence-corrected chi connectivity index (χ0v) is 44.7. The predicted molar refractivity (Wildman–Crippen MR) is 269 cm³/mol. The van der Waals surface area contributed by atoms with E-state index in [1.165, 1.54) is 14.2 Å². The van der Waals surface area contributed by atoms with Crippen molar-refractivity contribution in [2.24, 2.45) is 23.7 Å². The minimum absolute atomic E-state index is 0.00989. The highest BCUT2D eigenvalue weighted by atomic mass is 32.2. The van der Waals surface area contributed by atoms with E-state index in [-0.39, 0.29) is 105 Å². The van der Waals surface area contributed by atoms with Crippen molar-refractivity contribution in [1.82, 2.24) is 25.3 Å². The SMILES string of the molecule is C=CS(=O)(=O)CCOCCOCCS(=O)(=O)CCN1[C@@H]2CC[C@@H](C2)[C@H]1C(=O)NC(C(=O)N(C)C(C(C)CC)C(CC(=O)N1CCC[C@H]1C(OC)C(C)C(=O)NC(Cc1ccccc1)C(=O)O)OC)C(C)C. The van der Waals surface area contributed by atoms with Crippen molar-refractivity contribution >= 4 is 49.3 Å². The number of likely N-dealkylation sites (tertiary alicyclic amines) is 2. The van der Waals surface area contributed by atoms with Crippen LogP contribution in [0.1, 0.15) is 85.1 Å². The second-order valence-corrected chi connectivity index (χ2v) is 24.1. The number of likely N-dealkylation sites (N-methyl/N-ethyl adjacent to an activating group) is 1. The Morgan fingerprint density at radius 2 is 1.56 bits per heavy atom. The summed E-state index contributed by atoms with van der Waals surface area (Å²) in [4.78, 5) is 74.5. The third-order valence-corrected chi connectivity index (χ3v) is 17.5. The van der Waals surface area contributed by atoms with Gasteiger partial charge < -0.3 is 44.5 Å². The van der Waals surface area contributed by atoms with Crippen molar-refractivity contribution in [1.29, 1.82) is 0 Å². The lowest BCUT2D eigenvalue weighted by atomic mass is 9.89. The number of nitrogens with one attached hydrogen (secondary N) is 2. The Bertz CT molecular complexity index is 2150. The van der Waals surface area contributed by atoms with Gasteiger partial charge in [-0.3, -0.25) is 24.1 Å². The number of fused-ring (bicyclic) bond motifs is 2. The molecule has 4 rings (SSSR count). The van der Waals surface area contributed by atoms with Gasteiger partial charge in [-0.05, 0) is 55.4 Å². The molecular formula is C50H81N5O14S2. The van der Waals surface area contributed by atoms with E-state index in [1.54, 1.807) is 48.0 Å². The summed E-state index contributed by atoms with van der Waals surface area (Å²) < 4.78 is 71.9. The number of benzene rings is 1. The summed E-state index contributed by atoms with van der Waals surface area (Å²) >= 11 is 0. The lowest BCUT2D eigenvalue weighted by molar-refractivity contribution is -0.148. The van der Waals surface area contributed by atoms with E-state index in [2.05, 4.69) is 17.2 Å². The Morgan fingerprint density at radius 3 is 2.15 bits per heavy atom. The van der Waals surface area contributed by atoms with Crippen molar-refractivity contribution in [3.05, 3.63) is 47.9 Å². The molecule has 2 saturated heterocycles. The van der Waals surface area contributed by atoms with Crippen LogP contribution in [0.4, 0.5) is 0 Å². The Kier molecular flexibility index (Phi) is 23.4. The molecular weight excluding hydrogens is 959 g/mol. The third kappa shape index (κ3) is 16.8. The molecule has 2 aliphatic heterocycles. The summed E-state index contributed by atoms with van der Waals surface area (Å²) in [7, 11) is -2.29. The number of hydrogen-bond donors (Lipinski definition) is 3. The molecule has 1 aliphatic carbocycles. The van der Waals surface area contributed by atoms with Gasteiger partial charge in [-0.1, -0.05) is 78.0 Å². The van der Waals surface area contributed by atoms with Crippen molar-refractivity contribution in [2.75, 3.05) is 78.0 Å². The van der Waals surface area contributed by atoms with Crippen molar-refractivity contribution in [3.63, 3.8) is 0 Å². The number of carboxylic acids is 1. The van der Waals surface area contributed by atoms with E-state index < -0.39 is 79.9 Å². The van der Waals surface area contributed by atoms with E-state index >= 15 is 0 Å². The second kappa shape index (κ2) is 27.9. The van der Waals surface area contributed by atoms with Gasteiger partial charge in [-0.25, -0.2) is 21.6 Å². The van der Waals surface area contributed by atoms with Crippen LogP contribution in [0.2, 0.25) is 0 Å². The summed E-state index contributed by atoms with van der Waals surface area (Å²) in [6.45, 7) is 13.3. The molecule has 0 radical (unpaired) electrons. The zero-order valence-electron chi connectivity index (χ0n) is 43.0. The van der Waals surface area contributed by atoms with E-state index in [0.717, 1.165) is 30.2 Å².